The largest absolute Gasteiger partial charge is 0.451 e. The minimum Gasteiger partial charge on any atom is -0.451 e. The lowest BCUT2D eigenvalue weighted by atomic mass is 10.2. The van der Waals surface area contributed by atoms with Crippen molar-refractivity contribution in [2.75, 3.05) is 19.3 Å². The first-order chi connectivity index (χ1) is 10.0. The van der Waals surface area contributed by atoms with Crippen molar-refractivity contribution in [3.05, 3.63) is 30.0 Å². The molecular formula is C16H21N3O2. The van der Waals surface area contributed by atoms with E-state index in [0.717, 1.165) is 5.39 Å². The van der Waals surface area contributed by atoms with Crippen molar-refractivity contribution in [2.24, 2.45) is 0 Å². The summed E-state index contributed by atoms with van der Waals surface area (Å²) in [5, 5.41) is 3.78. The third-order valence-electron chi connectivity index (χ3n) is 4.14. The van der Waals surface area contributed by atoms with E-state index in [1.165, 1.54) is 12.8 Å². The number of nitrogens with zero attached hydrogens (tertiary/aromatic N) is 1. The number of likely N-dealkylation sites (N-methyl/N-ethyl adjacent to an activating group) is 1. The SMILES string of the molecule is CC(CNC(=O)c1cc2cc(N)ccc2o1)N(C)C1CC1. The van der Waals surface area contributed by atoms with Crippen LogP contribution in [0.4, 0.5) is 5.69 Å². The van der Waals surface area contributed by atoms with Crippen LogP contribution < -0.4 is 11.1 Å². The van der Waals surface area contributed by atoms with Gasteiger partial charge in [0, 0.05) is 29.7 Å². The topological polar surface area (TPSA) is 71.5 Å². The minimum atomic E-state index is -0.180. The number of amides is 1. The molecule has 5 nitrogen and oxygen atoms in total. The predicted octanol–water partition coefficient (Wildman–Crippen LogP) is 2.23. The second-order valence-corrected chi connectivity index (χ2v) is 5.86. The summed E-state index contributed by atoms with van der Waals surface area (Å²) in [6.45, 7) is 2.74. The Hall–Kier alpha value is -2.01. The number of hydrogen-bond donors (Lipinski definition) is 2. The lowest BCUT2D eigenvalue weighted by Gasteiger charge is -2.24. The van der Waals surface area contributed by atoms with Crippen molar-refractivity contribution in [3.63, 3.8) is 0 Å². The highest BCUT2D eigenvalue weighted by atomic mass is 16.3. The summed E-state index contributed by atoms with van der Waals surface area (Å²) in [7, 11) is 2.11. The highest BCUT2D eigenvalue weighted by Crippen LogP contribution is 2.26. The van der Waals surface area contributed by atoms with Gasteiger partial charge in [0.25, 0.3) is 5.91 Å². The molecule has 1 unspecified atom stereocenters. The molecule has 0 bridgehead atoms. The summed E-state index contributed by atoms with van der Waals surface area (Å²) in [5.74, 6) is 0.151. The van der Waals surface area contributed by atoms with Crippen LogP contribution in [0.15, 0.2) is 28.7 Å². The number of furan rings is 1. The molecule has 1 fully saturated rings. The molecule has 1 saturated carbocycles. The molecule has 21 heavy (non-hydrogen) atoms. The molecule has 112 valence electrons. The fourth-order valence-electron chi connectivity index (χ4n) is 2.49. The van der Waals surface area contributed by atoms with Gasteiger partial charge in [-0.05, 0) is 51.1 Å². The first-order valence-electron chi connectivity index (χ1n) is 7.34. The number of carbonyl (C=O) groups is 1. The maximum atomic E-state index is 12.2. The van der Waals surface area contributed by atoms with E-state index in [4.69, 9.17) is 10.2 Å². The number of benzene rings is 1. The molecule has 1 atom stereocenters. The van der Waals surface area contributed by atoms with Gasteiger partial charge in [-0.3, -0.25) is 9.69 Å². The Bertz CT molecular complexity index is 661. The van der Waals surface area contributed by atoms with Crippen molar-refractivity contribution >= 4 is 22.6 Å². The maximum Gasteiger partial charge on any atom is 0.287 e. The van der Waals surface area contributed by atoms with Crippen LogP contribution in [0.1, 0.15) is 30.3 Å². The molecule has 0 spiro atoms. The Balaban J connectivity index is 1.63. The van der Waals surface area contributed by atoms with Crippen LogP contribution in [-0.4, -0.2) is 36.5 Å². The molecule has 0 saturated heterocycles. The average molecular weight is 287 g/mol. The van der Waals surface area contributed by atoms with Gasteiger partial charge in [-0.2, -0.15) is 0 Å². The number of carbonyl (C=O) groups excluding carboxylic acids is 1. The zero-order valence-electron chi connectivity index (χ0n) is 12.4. The molecule has 1 aliphatic rings. The standard InChI is InChI=1S/C16H21N3O2/c1-10(19(2)13-4-5-13)9-18-16(20)15-8-11-7-12(17)3-6-14(11)21-15/h3,6-8,10,13H,4-5,9,17H2,1-2H3,(H,18,20). The Morgan fingerprint density at radius 3 is 2.95 bits per heavy atom. The monoisotopic (exact) mass is 287 g/mol. The van der Waals surface area contributed by atoms with Crippen LogP contribution in [-0.2, 0) is 0 Å². The fourth-order valence-corrected chi connectivity index (χ4v) is 2.49. The van der Waals surface area contributed by atoms with Crippen LogP contribution >= 0.6 is 0 Å². The summed E-state index contributed by atoms with van der Waals surface area (Å²) < 4.78 is 5.56. The van der Waals surface area contributed by atoms with Gasteiger partial charge in [-0.15, -0.1) is 0 Å². The van der Waals surface area contributed by atoms with E-state index in [1.54, 1.807) is 24.3 Å². The number of fused-ring (bicyclic) bond motifs is 1. The van der Waals surface area contributed by atoms with Crippen molar-refractivity contribution in [1.82, 2.24) is 10.2 Å². The number of rotatable bonds is 5. The maximum absolute atomic E-state index is 12.2. The van der Waals surface area contributed by atoms with Crippen LogP contribution in [0.25, 0.3) is 11.0 Å². The van der Waals surface area contributed by atoms with E-state index in [9.17, 15) is 4.79 Å². The second kappa shape index (κ2) is 5.41. The quantitative estimate of drug-likeness (QED) is 0.827. The summed E-state index contributed by atoms with van der Waals surface area (Å²) in [6, 6.07) is 8.09. The lowest BCUT2D eigenvalue weighted by molar-refractivity contribution is 0.0914. The lowest BCUT2D eigenvalue weighted by Crippen LogP contribution is -2.41. The van der Waals surface area contributed by atoms with Gasteiger partial charge in [0.15, 0.2) is 5.76 Å². The molecule has 0 aliphatic heterocycles. The third-order valence-corrected chi connectivity index (χ3v) is 4.14. The molecule has 2 aromatic rings. The van der Waals surface area contributed by atoms with Crippen molar-refractivity contribution in [3.8, 4) is 0 Å². The molecule has 1 heterocycles. The summed E-state index contributed by atoms with van der Waals surface area (Å²) >= 11 is 0. The number of nitrogens with one attached hydrogen (secondary N) is 1. The van der Waals surface area contributed by atoms with E-state index in [1.807, 2.05) is 0 Å². The Morgan fingerprint density at radius 1 is 1.48 bits per heavy atom. The number of anilines is 1. The van der Waals surface area contributed by atoms with Gasteiger partial charge < -0.3 is 15.5 Å². The van der Waals surface area contributed by atoms with E-state index < -0.39 is 0 Å². The highest BCUT2D eigenvalue weighted by Gasteiger charge is 2.29. The Labute approximate surface area is 124 Å². The molecule has 5 heteroatoms. The zero-order valence-corrected chi connectivity index (χ0v) is 12.4. The summed E-state index contributed by atoms with van der Waals surface area (Å²) in [6.07, 6.45) is 2.53. The summed E-state index contributed by atoms with van der Waals surface area (Å²) in [5.41, 5.74) is 7.07. The van der Waals surface area contributed by atoms with Crippen molar-refractivity contribution < 1.29 is 9.21 Å². The first-order valence-corrected chi connectivity index (χ1v) is 7.34. The molecule has 3 N–H and O–H groups in total. The first kappa shape index (κ1) is 13.9. The van der Waals surface area contributed by atoms with E-state index in [-0.39, 0.29) is 5.91 Å². The molecule has 1 aromatic carbocycles. The van der Waals surface area contributed by atoms with E-state index >= 15 is 0 Å². The molecule has 1 aromatic heterocycles. The van der Waals surface area contributed by atoms with Gasteiger partial charge in [0.2, 0.25) is 0 Å². The van der Waals surface area contributed by atoms with Crippen molar-refractivity contribution in [2.45, 2.75) is 31.8 Å². The molecule has 3 rings (SSSR count). The van der Waals surface area contributed by atoms with Gasteiger partial charge in [-0.25, -0.2) is 0 Å². The van der Waals surface area contributed by atoms with Gasteiger partial charge in [0.1, 0.15) is 5.58 Å². The number of nitrogen functional groups attached to an aromatic ring is 1. The van der Waals surface area contributed by atoms with Crippen LogP contribution in [0.3, 0.4) is 0 Å². The highest BCUT2D eigenvalue weighted by molar-refractivity contribution is 5.96. The summed E-state index contributed by atoms with van der Waals surface area (Å²) in [4.78, 5) is 14.5. The Kier molecular flexibility index (Phi) is 3.59. The molecule has 1 amide bonds. The van der Waals surface area contributed by atoms with Gasteiger partial charge in [0.05, 0.1) is 0 Å². The number of nitrogens with two attached hydrogens (primary N) is 1. The van der Waals surface area contributed by atoms with Crippen LogP contribution in [0.5, 0.6) is 0 Å². The Morgan fingerprint density at radius 2 is 2.24 bits per heavy atom. The molecular weight excluding hydrogens is 266 g/mol. The van der Waals surface area contributed by atoms with Crippen molar-refractivity contribution in [1.29, 1.82) is 0 Å². The second-order valence-electron chi connectivity index (χ2n) is 5.86. The molecule has 1 aliphatic carbocycles. The van der Waals surface area contributed by atoms with Gasteiger partial charge >= 0.3 is 0 Å². The van der Waals surface area contributed by atoms with Crippen LogP contribution in [0, 0.1) is 0 Å². The van der Waals surface area contributed by atoms with Gasteiger partial charge in [-0.1, -0.05) is 0 Å². The smallest absolute Gasteiger partial charge is 0.287 e. The zero-order chi connectivity index (χ0) is 15.0. The van der Waals surface area contributed by atoms with E-state index in [0.29, 0.717) is 35.7 Å². The fraction of sp³-hybridized carbons (Fsp3) is 0.438. The normalized spacial score (nSPS) is 16.3. The molecule has 0 radical (unpaired) electrons. The minimum absolute atomic E-state index is 0.180. The number of hydrogen-bond acceptors (Lipinski definition) is 4. The van der Waals surface area contributed by atoms with Crippen LogP contribution in [0.2, 0.25) is 0 Å². The average Bonchev–Trinajstić information content (AvgIpc) is 3.23. The predicted molar refractivity (Wildman–Crippen MR) is 83.2 cm³/mol. The third kappa shape index (κ3) is 3.03. The van der Waals surface area contributed by atoms with E-state index in [2.05, 4.69) is 24.2 Å².